The number of aromatic amines is 1. The summed E-state index contributed by atoms with van der Waals surface area (Å²) in [6.45, 7) is -1.35. The molecule has 0 spiro atoms. The van der Waals surface area contributed by atoms with E-state index in [-0.39, 0.29) is 18.4 Å². The summed E-state index contributed by atoms with van der Waals surface area (Å²) in [6, 6.07) is 0. The molecule has 0 aliphatic heterocycles. The molecule has 1 aliphatic carbocycles. The van der Waals surface area contributed by atoms with Crippen LogP contribution < -0.4 is 10.9 Å². The number of nitrogens with one attached hydrogen (secondary N) is 2. The predicted octanol–water partition coefficient (Wildman–Crippen LogP) is 2.08. The van der Waals surface area contributed by atoms with Crippen LogP contribution in [-0.2, 0) is 24.1 Å². The minimum atomic E-state index is -4.43. The van der Waals surface area contributed by atoms with Crippen molar-refractivity contribution in [3.8, 4) is 0 Å². The van der Waals surface area contributed by atoms with Gasteiger partial charge < -0.3 is 10.3 Å². The molecule has 0 aromatic carbocycles. The van der Waals surface area contributed by atoms with E-state index >= 15 is 0 Å². The lowest BCUT2D eigenvalue weighted by Gasteiger charge is -2.08. The van der Waals surface area contributed by atoms with E-state index in [0.29, 0.717) is 16.0 Å². The third-order valence-corrected chi connectivity index (χ3v) is 4.88. The number of rotatable bonds is 4. The van der Waals surface area contributed by atoms with E-state index in [2.05, 4.69) is 9.97 Å². The Hall–Kier alpha value is -1.90. The molecule has 9 heteroatoms. The van der Waals surface area contributed by atoms with Crippen molar-refractivity contribution in [3.63, 3.8) is 0 Å². The molecule has 2 N–H and O–H groups in total. The normalized spacial score (nSPS) is 14.2. The van der Waals surface area contributed by atoms with E-state index in [9.17, 15) is 22.8 Å². The first-order chi connectivity index (χ1) is 10.8. The Labute approximate surface area is 132 Å². The zero-order valence-corrected chi connectivity index (χ0v) is 12.9. The number of H-pyrrole nitrogens is 1. The van der Waals surface area contributed by atoms with E-state index < -0.39 is 18.6 Å². The number of hydrogen-bond donors (Lipinski definition) is 2. The molecule has 5 nitrogen and oxygen atoms in total. The molecule has 3 rings (SSSR count). The van der Waals surface area contributed by atoms with Gasteiger partial charge in [-0.15, -0.1) is 11.3 Å². The summed E-state index contributed by atoms with van der Waals surface area (Å²) in [4.78, 5) is 32.4. The van der Waals surface area contributed by atoms with Crippen LogP contribution in [0.2, 0.25) is 0 Å². The molecule has 1 aliphatic rings. The first-order valence-corrected chi connectivity index (χ1v) is 8.02. The Bertz CT molecular complexity index is 810. The van der Waals surface area contributed by atoms with Gasteiger partial charge in [-0.3, -0.25) is 9.59 Å². The summed E-state index contributed by atoms with van der Waals surface area (Å²) in [5, 5.41) is 2.41. The Morgan fingerprint density at radius 2 is 2.13 bits per heavy atom. The minimum absolute atomic E-state index is 0.0947. The lowest BCUT2D eigenvalue weighted by Crippen LogP contribution is -2.33. The monoisotopic (exact) mass is 345 g/mol. The molecular formula is C14H14F3N3O2S. The number of amides is 1. The largest absolute Gasteiger partial charge is 0.405 e. The highest BCUT2D eigenvalue weighted by atomic mass is 32.1. The average Bonchev–Trinajstić information content (AvgIpc) is 3.02. The van der Waals surface area contributed by atoms with Crippen molar-refractivity contribution in [2.24, 2.45) is 0 Å². The first-order valence-electron chi connectivity index (χ1n) is 7.20. The molecule has 0 radical (unpaired) electrons. The van der Waals surface area contributed by atoms with Gasteiger partial charge in [-0.05, 0) is 24.8 Å². The van der Waals surface area contributed by atoms with Crippen molar-refractivity contribution in [2.45, 2.75) is 38.3 Å². The predicted molar refractivity (Wildman–Crippen MR) is 79.7 cm³/mol. The Balaban J connectivity index is 1.70. The fourth-order valence-corrected chi connectivity index (χ4v) is 3.97. The maximum absolute atomic E-state index is 12.2. The van der Waals surface area contributed by atoms with Crippen LogP contribution in [-0.4, -0.2) is 28.6 Å². The number of nitrogens with zero attached hydrogens (tertiary/aromatic N) is 1. The number of carbonyl (C=O) groups is 1. The summed E-state index contributed by atoms with van der Waals surface area (Å²) >= 11 is 1.48. The van der Waals surface area contributed by atoms with Gasteiger partial charge in [-0.2, -0.15) is 13.2 Å². The molecular weight excluding hydrogens is 331 g/mol. The van der Waals surface area contributed by atoms with Crippen molar-refractivity contribution in [1.82, 2.24) is 15.3 Å². The number of thiophene rings is 1. The first kappa shape index (κ1) is 16.0. The highest BCUT2D eigenvalue weighted by Crippen LogP contribution is 2.34. The zero-order chi connectivity index (χ0) is 16.6. The second-order valence-corrected chi connectivity index (χ2v) is 6.53. The van der Waals surface area contributed by atoms with Gasteiger partial charge in [0.1, 0.15) is 17.2 Å². The Morgan fingerprint density at radius 3 is 2.87 bits per heavy atom. The lowest BCUT2D eigenvalue weighted by atomic mass is 10.2. The molecule has 1 amide bonds. The van der Waals surface area contributed by atoms with Crippen LogP contribution in [0.1, 0.15) is 29.1 Å². The van der Waals surface area contributed by atoms with Gasteiger partial charge >= 0.3 is 6.18 Å². The molecule has 0 saturated heterocycles. The number of halogens is 3. The topological polar surface area (TPSA) is 74.8 Å². The van der Waals surface area contributed by atoms with Crippen molar-refractivity contribution >= 4 is 27.5 Å². The molecule has 0 fully saturated rings. The van der Waals surface area contributed by atoms with E-state index in [0.717, 1.165) is 24.8 Å². The van der Waals surface area contributed by atoms with Crippen LogP contribution in [0.15, 0.2) is 4.79 Å². The van der Waals surface area contributed by atoms with E-state index in [1.165, 1.54) is 16.2 Å². The highest BCUT2D eigenvalue weighted by molar-refractivity contribution is 7.18. The van der Waals surface area contributed by atoms with E-state index in [4.69, 9.17) is 0 Å². The molecule has 124 valence electrons. The summed E-state index contributed by atoms with van der Waals surface area (Å²) in [5.74, 6) is -0.400. The summed E-state index contributed by atoms with van der Waals surface area (Å²) < 4.78 is 36.0. The molecule has 0 bridgehead atoms. The summed E-state index contributed by atoms with van der Waals surface area (Å²) in [7, 11) is 0. The quantitative estimate of drug-likeness (QED) is 0.891. The van der Waals surface area contributed by atoms with Crippen LogP contribution in [0.5, 0.6) is 0 Å². The second kappa shape index (κ2) is 5.95. The van der Waals surface area contributed by atoms with Crippen molar-refractivity contribution in [1.29, 1.82) is 0 Å². The smallest absolute Gasteiger partial charge is 0.347 e. The van der Waals surface area contributed by atoms with Gasteiger partial charge in [0.25, 0.3) is 5.56 Å². The zero-order valence-electron chi connectivity index (χ0n) is 12.0. The van der Waals surface area contributed by atoms with Crippen molar-refractivity contribution in [2.75, 3.05) is 6.54 Å². The Kier molecular flexibility index (Phi) is 4.13. The lowest BCUT2D eigenvalue weighted by molar-refractivity contribution is -0.138. The van der Waals surface area contributed by atoms with Gasteiger partial charge in [0.15, 0.2) is 0 Å². The number of alkyl halides is 3. The standard InChI is InChI=1S/C14H14F3N3O2S/c15-14(16,17)6-18-10(21)5-4-9-19-12(22)11-7-2-1-3-8(7)23-13(11)20-9/h1-6H2,(H,18,21)(H,19,20,22). The minimum Gasteiger partial charge on any atom is -0.347 e. The van der Waals surface area contributed by atoms with E-state index in [1.54, 1.807) is 5.32 Å². The fourth-order valence-electron chi connectivity index (χ4n) is 2.68. The number of aromatic nitrogens is 2. The van der Waals surface area contributed by atoms with Gasteiger partial charge in [0.05, 0.1) is 5.39 Å². The maximum atomic E-state index is 12.2. The molecule has 0 unspecified atom stereocenters. The number of aryl methyl sites for hydroxylation is 3. The second-order valence-electron chi connectivity index (χ2n) is 5.44. The van der Waals surface area contributed by atoms with E-state index in [1.807, 2.05) is 0 Å². The number of hydrogen-bond acceptors (Lipinski definition) is 4. The summed E-state index contributed by atoms with van der Waals surface area (Å²) in [5.41, 5.74) is 0.827. The van der Waals surface area contributed by atoms with Crippen LogP contribution >= 0.6 is 11.3 Å². The molecule has 2 heterocycles. The van der Waals surface area contributed by atoms with Crippen molar-refractivity contribution < 1.29 is 18.0 Å². The number of carbonyl (C=O) groups excluding carboxylic acids is 1. The van der Waals surface area contributed by atoms with Gasteiger partial charge in [0, 0.05) is 17.7 Å². The Morgan fingerprint density at radius 1 is 1.35 bits per heavy atom. The van der Waals surface area contributed by atoms with Crippen molar-refractivity contribution in [3.05, 3.63) is 26.6 Å². The SMILES string of the molecule is O=C(CCc1nc2sc3c(c2c(=O)[nH]1)CCC3)NCC(F)(F)F. The molecule has 23 heavy (non-hydrogen) atoms. The van der Waals surface area contributed by atoms with Gasteiger partial charge in [-0.25, -0.2) is 4.98 Å². The maximum Gasteiger partial charge on any atom is 0.405 e. The third-order valence-electron chi connectivity index (χ3n) is 3.70. The molecule has 0 atom stereocenters. The van der Waals surface area contributed by atoms with Crippen LogP contribution in [0.25, 0.3) is 10.2 Å². The number of fused-ring (bicyclic) bond motifs is 3. The highest BCUT2D eigenvalue weighted by Gasteiger charge is 2.27. The van der Waals surface area contributed by atoms with Gasteiger partial charge in [-0.1, -0.05) is 0 Å². The van der Waals surface area contributed by atoms with Crippen LogP contribution in [0, 0.1) is 0 Å². The molecule has 0 saturated carbocycles. The van der Waals surface area contributed by atoms with Crippen LogP contribution in [0.4, 0.5) is 13.2 Å². The molecule has 2 aromatic rings. The van der Waals surface area contributed by atoms with Crippen LogP contribution in [0.3, 0.4) is 0 Å². The fraction of sp³-hybridized carbons (Fsp3) is 0.500. The average molecular weight is 345 g/mol. The third kappa shape index (κ3) is 3.54. The summed E-state index contributed by atoms with van der Waals surface area (Å²) in [6.07, 6.45) is -1.63. The van der Waals surface area contributed by atoms with Gasteiger partial charge in [0.2, 0.25) is 5.91 Å². The molecule has 2 aromatic heterocycles.